The van der Waals surface area contributed by atoms with Gasteiger partial charge in [-0.05, 0) is 43.0 Å². The van der Waals surface area contributed by atoms with Crippen molar-refractivity contribution in [1.29, 1.82) is 0 Å². The van der Waals surface area contributed by atoms with Crippen molar-refractivity contribution < 1.29 is 4.74 Å². The maximum atomic E-state index is 5.88. The lowest BCUT2D eigenvalue weighted by Crippen LogP contribution is -2.27. The van der Waals surface area contributed by atoms with Crippen molar-refractivity contribution in [3.8, 4) is 5.75 Å². The van der Waals surface area contributed by atoms with Crippen molar-refractivity contribution in [3.63, 3.8) is 0 Å². The monoisotopic (exact) mass is 359 g/mol. The molecule has 3 rings (SSSR count). The Morgan fingerprint density at radius 2 is 1.44 bits per heavy atom. The molecule has 0 unspecified atom stereocenters. The van der Waals surface area contributed by atoms with Crippen LogP contribution in [0.3, 0.4) is 0 Å². The maximum absolute atomic E-state index is 5.88. The summed E-state index contributed by atoms with van der Waals surface area (Å²) >= 11 is 0. The zero-order chi connectivity index (χ0) is 16.6. The van der Waals surface area contributed by atoms with Gasteiger partial charge in [0, 0.05) is 12.6 Å². The van der Waals surface area contributed by atoms with Crippen LogP contribution in [0, 0.1) is 6.92 Å². The van der Waals surface area contributed by atoms with Gasteiger partial charge in [-0.3, -0.25) is 0 Å². The van der Waals surface area contributed by atoms with Crippen LogP contribution < -0.4 is 10.1 Å². The smallest absolute Gasteiger partial charge is 0.119 e. The fourth-order valence-corrected chi connectivity index (χ4v) is 3.30. The van der Waals surface area contributed by atoms with E-state index in [9.17, 15) is 0 Å². The lowest BCUT2D eigenvalue weighted by molar-refractivity contribution is 0.306. The van der Waals surface area contributed by atoms with E-state index in [1.54, 1.807) is 0 Å². The Bertz CT molecular complexity index is 601. The van der Waals surface area contributed by atoms with Crippen LogP contribution in [0.4, 0.5) is 0 Å². The number of halogens is 1. The van der Waals surface area contributed by atoms with Crippen LogP contribution in [0.25, 0.3) is 0 Å². The van der Waals surface area contributed by atoms with Crippen LogP contribution in [0.1, 0.15) is 55.2 Å². The SMILES string of the molecule is Cc1ccc(COc2ccc(CNC3CCCCCC3)cc2)cc1.Cl. The van der Waals surface area contributed by atoms with Gasteiger partial charge in [0.25, 0.3) is 0 Å². The Balaban J connectivity index is 0.00000225. The van der Waals surface area contributed by atoms with Gasteiger partial charge in [-0.15, -0.1) is 12.4 Å². The topological polar surface area (TPSA) is 21.3 Å². The first-order valence-corrected chi connectivity index (χ1v) is 9.30. The van der Waals surface area contributed by atoms with E-state index < -0.39 is 0 Å². The van der Waals surface area contributed by atoms with Gasteiger partial charge in [0.05, 0.1) is 0 Å². The summed E-state index contributed by atoms with van der Waals surface area (Å²) in [5.41, 5.74) is 3.82. The molecule has 0 saturated heterocycles. The highest BCUT2D eigenvalue weighted by molar-refractivity contribution is 5.85. The van der Waals surface area contributed by atoms with E-state index in [1.807, 2.05) is 0 Å². The van der Waals surface area contributed by atoms with E-state index in [0.29, 0.717) is 12.6 Å². The molecule has 1 aliphatic rings. The summed E-state index contributed by atoms with van der Waals surface area (Å²) in [6.07, 6.45) is 8.23. The lowest BCUT2D eigenvalue weighted by atomic mass is 10.1. The summed E-state index contributed by atoms with van der Waals surface area (Å²) < 4.78 is 5.88. The standard InChI is InChI=1S/C22H29NO.ClH/c1-18-8-10-20(11-9-18)17-24-22-14-12-19(13-15-22)16-23-21-6-4-2-3-5-7-21;/h8-15,21,23H,2-7,16-17H2,1H3;1H. The molecule has 0 spiro atoms. The van der Waals surface area contributed by atoms with E-state index in [2.05, 4.69) is 60.8 Å². The van der Waals surface area contributed by atoms with E-state index in [1.165, 1.54) is 55.2 Å². The van der Waals surface area contributed by atoms with Crippen LogP contribution in [-0.2, 0) is 13.2 Å². The molecule has 0 aliphatic heterocycles. The Hall–Kier alpha value is -1.51. The molecule has 1 N–H and O–H groups in total. The molecule has 25 heavy (non-hydrogen) atoms. The molecule has 3 heteroatoms. The predicted octanol–water partition coefficient (Wildman–Crippen LogP) is 5.81. The molecule has 2 nitrogen and oxygen atoms in total. The zero-order valence-electron chi connectivity index (χ0n) is 15.2. The highest BCUT2D eigenvalue weighted by atomic mass is 35.5. The minimum Gasteiger partial charge on any atom is -0.489 e. The fourth-order valence-electron chi connectivity index (χ4n) is 3.30. The van der Waals surface area contributed by atoms with Gasteiger partial charge in [0.2, 0.25) is 0 Å². The zero-order valence-corrected chi connectivity index (χ0v) is 16.0. The van der Waals surface area contributed by atoms with Crippen LogP contribution >= 0.6 is 12.4 Å². The van der Waals surface area contributed by atoms with Gasteiger partial charge < -0.3 is 10.1 Å². The minimum absolute atomic E-state index is 0. The van der Waals surface area contributed by atoms with Crippen molar-refractivity contribution in [2.24, 2.45) is 0 Å². The van der Waals surface area contributed by atoms with Gasteiger partial charge in [-0.2, -0.15) is 0 Å². The first kappa shape index (κ1) is 19.8. The highest BCUT2D eigenvalue weighted by Gasteiger charge is 2.11. The number of hydrogen-bond acceptors (Lipinski definition) is 2. The Morgan fingerprint density at radius 3 is 2.08 bits per heavy atom. The Labute approximate surface area is 158 Å². The van der Waals surface area contributed by atoms with Gasteiger partial charge in [-0.1, -0.05) is 67.6 Å². The van der Waals surface area contributed by atoms with Crippen molar-refractivity contribution >= 4 is 12.4 Å². The minimum atomic E-state index is 0. The molecule has 0 radical (unpaired) electrons. The molecule has 0 heterocycles. The number of aryl methyl sites for hydroxylation is 1. The molecule has 1 fully saturated rings. The van der Waals surface area contributed by atoms with Crippen molar-refractivity contribution in [2.75, 3.05) is 0 Å². The van der Waals surface area contributed by atoms with Gasteiger partial charge >= 0.3 is 0 Å². The van der Waals surface area contributed by atoms with Crippen LogP contribution in [0.15, 0.2) is 48.5 Å². The Morgan fingerprint density at radius 1 is 0.840 bits per heavy atom. The summed E-state index contributed by atoms with van der Waals surface area (Å²) in [6.45, 7) is 3.69. The highest BCUT2D eigenvalue weighted by Crippen LogP contribution is 2.18. The van der Waals surface area contributed by atoms with E-state index in [4.69, 9.17) is 4.74 Å². The van der Waals surface area contributed by atoms with Gasteiger partial charge in [0.15, 0.2) is 0 Å². The Kier molecular flexibility index (Phi) is 8.30. The molecule has 2 aromatic rings. The normalized spacial score (nSPS) is 15.2. The van der Waals surface area contributed by atoms with Crippen LogP contribution in [0.5, 0.6) is 5.75 Å². The summed E-state index contributed by atoms with van der Waals surface area (Å²) in [5.74, 6) is 0.939. The third kappa shape index (κ3) is 6.72. The van der Waals surface area contributed by atoms with Crippen molar-refractivity contribution in [1.82, 2.24) is 5.32 Å². The second-order valence-corrected chi connectivity index (χ2v) is 6.99. The number of rotatable bonds is 6. The predicted molar refractivity (Wildman–Crippen MR) is 108 cm³/mol. The van der Waals surface area contributed by atoms with Crippen molar-refractivity contribution in [3.05, 3.63) is 65.2 Å². The third-order valence-corrected chi connectivity index (χ3v) is 4.90. The van der Waals surface area contributed by atoms with E-state index >= 15 is 0 Å². The molecular formula is C22H30ClNO. The quantitative estimate of drug-likeness (QED) is 0.657. The second kappa shape index (κ2) is 10.5. The number of hydrogen-bond donors (Lipinski definition) is 1. The van der Waals surface area contributed by atoms with Gasteiger partial charge in [-0.25, -0.2) is 0 Å². The number of nitrogens with one attached hydrogen (secondary N) is 1. The molecule has 0 atom stereocenters. The van der Waals surface area contributed by atoms with E-state index in [0.717, 1.165) is 12.3 Å². The van der Waals surface area contributed by atoms with Gasteiger partial charge in [0.1, 0.15) is 12.4 Å². The molecule has 0 amide bonds. The lowest BCUT2D eigenvalue weighted by Gasteiger charge is -2.16. The molecular weight excluding hydrogens is 330 g/mol. The maximum Gasteiger partial charge on any atom is 0.119 e. The molecule has 0 aromatic heterocycles. The summed E-state index contributed by atoms with van der Waals surface area (Å²) in [6, 6.07) is 17.7. The number of ether oxygens (including phenoxy) is 1. The van der Waals surface area contributed by atoms with Crippen LogP contribution in [0.2, 0.25) is 0 Å². The first-order chi connectivity index (χ1) is 11.8. The largest absolute Gasteiger partial charge is 0.489 e. The molecule has 136 valence electrons. The molecule has 1 aliphatic carbocycles. The molecule has 1 saturated carbocycles. The summed E-state index contributed by atoms with van der Waals surface area (Å²) in [5, 5.41) is 3.72. The van der Waals surface area contributed by atoms with E-state index in [-0.39, 0.29) is 12.4 Å². The average Bonchev–Trinajstić information content (AvgIpc) is 2.89. The summed E-state index contributed by atoms with van der Waals surface area (Å²) in [7, 11) is 0. The average molecular weight is 360 g/mol. The van der Waals surface area contributed by atoms with Crippen LogP contribution in [-0.4, -0.2) is 6.04 Å². The molecule has 0 bridgehead atoms. The first-order valence-electron chi connectivity index (χ1n) is 9.30. The van der Waals surface area contributed by atoms with Crippen molar-refractivity contribution in [2.45, 2.75) is 64.6 Å². The summed E-state index contributed by atoms with van der Waals surface area (Å²) in [4.78, 5) is 0. The number of benzene rings is 2. The second-order valence-electron chi connectivity index (χ2n) is 6.99. The molecule has 2 aromatic carbocycles. The fraction of sp³-hybridized carbons (Fsp3) is 0.455. The third-order valence-electron chi connectivity index (χ3n) is 4.90.